The molecule has 1 aliphatic rings. The fraction of sp³-hybridized carbons (Fsp3) is 0.300. The number of carbonyl (C=O) groups is 1. The maximum absolute atomic E-state index is 11.6. The van der Waals surface area contributed by atoms with Gasteiger partial charge in [0.05, 0.1) is 12.7 Å². The number of carbonyl (C=O) groups excluding carboxylic acids is 1. The maximum atomic E-state index is 11.6. The zero-order valence-electron chi connectivity index (χ0n) is 7.82. The van der Waals surface area contributed by atoms with Crippen LogP contribution < -0.4 is 15.2 Å². The van der Waals surface area contributed by atoms with Gasteiger partial charge in [0.25, 0.3) is 0 Å². The third-order valence-electron chi connectivity index (χ3n) is 2.21. The van der Waals surface area contributed by atoms with E-state index in [0.29, 0.717) is 17.1 Å². The molecule has 1 heterocycles. The molecule has 0 fully saturated rings. The van der Waals surface area contributed by atoms with Crippen molar-refractivity contribution < 1.29 is 14.3 Å². The molecule has 1 aromatic rings. The van der Waals surface area contributed by atoms with E-state index < -0.39 is 6.04 Å². The lowest BCUT2D eigenvalue weighted by Crippen LogP contribution is -2.40. The molecule has 0 saturated carbocycles. The first-order chi connectivity index (χ1) is 6.72. The van der Waals surface area contributed by atoms with E-state index in [4.69, 9.17) is 15.2 Å². The van der Waals surface area contributed by atoms with Crippen LogP contribution in [0.5, 0.6) is 11.5 Å². The van der Waals surface area contributed by atoms with Crippen LogP contribution in [0.25, 0.3) is 0 Å². The van der Waals surface area contributed by atoms with Gasteiger partial charge in [0.2, 0.25) is 0 Å². The Balaban J connectivity index is 2.46. The van der Waals surface area contributed by atoms with E-state index in [2.05, 4.69) is 0 Å². The summed E-state index contributed by atoms with van der Waals surface area (Å²) in [5.74, 6) is 1.12. The third-order valence-corrected chi connectivity index (χ3v) is 2.21. The Morgan fingerprint density at radius 2 is 2.36 bits per heavy atom. The first kappa shape index (κ1) is 9.02. The normalized spacial score (nSPS) is 19.9. The van der Waals surface area contributed by atoms with E-state index in [9.17, 15) is 4.79 Å². The summed E-state index contributed by atoms with van der Waals surface area (Å²) in [6, 6.07) is 4.56. The summed E-state index contributed by atoms with van der Waals surface area (Å²) in [4.78, 5) is 11.6. The average Bonchev–Trinajstić information content (AvgIpc) is 2.23. The summed E-state index contributed by atoms with van der Waals surface area (Å²) in [6.45, 7) is 0.248. The molecule has 2 N–H and O–H groups in total. The lowest BCUT2D eigenvalue weighted by atomic mass is 10.0. The van der Waals surface area contributed by atoms with E-state index in [1.54, 1.807) is 25.3 Å². The van der Waals surface area contributed by atoms with Gasteiger partial charge in [-0.2, -0.15) is 0 Å². The second-order valence-corrected chi connectivity index (χ2v) is 3.14. The highest BCUT2D eigenvalue weighted by Crippen LogP contribution is 2.27. The second kappa shape index (κ2) is 3.31. The number of fused-ring (bicyclic) bond motifs is 1. The molecule has 0 aromatic heterocycles. The summed E-state index contributed by atoms with van der Waals surface area (Å²) < 4.78 is 10.3. The van der Waals surface area contributed by atoms with Crippen LogP contribution in [-0.2, 0) is 0 Å². The summed E-state index contributed by atoms with van der Waals surface area (Å²) >= 11 is 0. The number of hydrogen-bond donors (Lipinski definition) is 1. The van der Waals surface area contributed by atoms with Crippen LogP contribution >= 0.6 is 0 Å². The van der Waals surface area contributed by atoms with Gasteiger partial charge >= 0.3 is 0 Å². The lowest BCUT2D eigenvalue weighted by molar-refractivity contribution is 0.0899. The number of benzene rings is 1. The van der Waals surface area contributed by atoms with Gasteiger partial charge in [-0.15, -0.1) is 0 Å². The number of ketones is 1. The number of rotatable bonds is 1. The summed E-state index contributed by atoms with van der Waals surface area (Å²) in [5, 5.41) is 0. The van der Waals surface area contributed by atoms with Crippen molar-refractivity contribution in [2.24, 2.45) is 5.73 Å². The van der Waals surface area contributed by atoms with E-state index in [1.165, 1.54) is 0 Å². The molecule has 1 unspecified atom stereocenters. The van der Waals surface area contributed by atoms with Crippen LogP contribution in [0, 0.1) is 0 Å². The van der Waals surface area contributed by atoms with Crippen LogP contribution in [0.2, 0.25) is 0 Å². The minimum absolute atomic E-state index is 0.0925. The van der Waals surface area contributed by atoms with Crippen molar-refractivity contribution >= 4 is 5.78 Å². The molecule has 0 amide bonds. The van der Waals surface area contributed by atoms with Crippen molar-refractivity contribution in [1.29, 1.82) is 0 Å². The van der Waals surface area contributed by atoms with Crippen molar-refractivity contribution in [3.05, 3.63) is 23.8 Å². The second-order valence-electron chi connectivity index (χ2n) is 3.14. The largest absolute Gasteiger partial charge is 0.497 e. The topological polar surface area (TPSA) is 61.5 Å². The molecule has 14 heavy (non-hydrogen) atoms. The highest BCUT2D eigenvalue weighted by Gasteiger charge is 2.25. The van der Waals surface area contributed by atoms with Gasteiger partial charge in [-0.05, 0) is 18.2 Å². The highest BCUT2D eigenvalue weighted by atomic mass is 16.5. The Kier molecular flexibility index (Phi) is 2.13. The van der Waals surface area contributed by atoms with Gasteiger partial charge in [0.15, 0.2) is 5.78 Å². The zero-order chi connectivity index (χ0) is 10.1. The van der Waals surface area contributed by atoms with Gasteiger partial charge < -0.3 is 15.2 Å². The smallest absolute Gasteiger partial charge is 0.186 e. The average molecular weight is 193 g/mol. The molecular formula is C10H11NO3. The molecule has 0 spiro atoms. The Morgan fingerprint density at radius 3 is 3.07 bits per heavy atom. The minimum atomic E-state index is -0.561. The molecule has 1 aliphatic heterocycles. The highest BCUT2D eigenvalue weighted by molar-refractivity contribution is 6.03. The Bertz CT molecular complexity index is 376. The molecule has 74 valence electrons. The standard InChI is InChI=1S/C10H11NO3/c1-13-6-2-3-9-7(4-6)10(12)8(11)5-14-9/h2-4,8H,5,11H2,1H3. The zero-order valence-corrected chi connectivity index (χ0v) is 7.82. The number of hydrogen-bond acceptors (Lipinski definition) is 4. The van der Waals surface area contributed by atoms with Gasteiger partial charge in [-0.25, -0.2) is 0 Å². The van der Waals surface area contributed by atoms with E-state index in [-0.39, 0.29) is 12.4 Å². The quantitative estimate of drug-likeness (QED) is 0.709. The predicted octanol–water partition coefficient (Wildman–Crippen LogP) is 0.598. The van der Waals surface area contributed by atoms with Crippen molar-refractivity contribution in [2.45, 2.75) is 6.04 Å². The number of ether oxygens (including phenoxy) is 2. The number of nitrogens with two attached hydrogens (primary N) is 1. The Hall–Kier alpha value is -1.55. The first-order valence-corrected chi connectivity index (χ1v) is 4.33. The molecule has 0 saturated heterocycles. The molecule has 0 bridgehead atoms. The number of methoxy groups -OCH3 is 1. The molecule has 2 rings (SSSR count). The molecular weight excluding hydrogens is 182 g/mol. The van der Waals surface area contributed by atoms with Crippen molar-refractivity contribution in [2.75, 3.05) is 13.7 Å². The summed E-state index contributed by atoms with van der Waals surface area (Å²) in [5.41, 5.74) is 6.07. The maximum Gasteiger partial charge on any atom is 0.186 e. The molecule has 1 aromatic carbocycles. The van der Waals surface area contributed by atoms with Gasteiger partial charge in [-0.3, -0.25) is 4.79 Å². The van der Waals surface area contributed by atoms with Gasteiger partial charge in [0, 0.05) is 0 Å². The van der Waals surface area contributed by atoms with Crippen molar-refractivity contribution in [3.63, 3.8) is 0 Å². The lowest BCUT2D eigenvalue weighted by Gasteiger charge is -2.21. The first-order valence-electron chi connectivity index (χ1n) is 4.33. The van der Waals surface area contributed by atoms with Crippen molar-refractivity contribution in [3.8, 4) is 11.5 Å². The van der Waals surface area contributed by atoms with Crippen LogP contribution in [0.15, 0.2) is 18.2 Å². The predicted molar refractivity (Wildman–Crippen MR) is 50.8 cm³/mol. The molecule has 4 nitrogen and oxygen atoms in total. The molecule has 0 aliphatic carbocycles. The SMILES string of the molecule is COc1ccc2c(c1)C(=O)C(N)CO2. The van der Waals surface area contributed by atoms with Crippen molar-refractivity contribution in [1.82, 2.24) is 0 Å². The van der Waals surface area contributed by atoms with E-state index >= 15 is 0 Å². The van der Waals surface area contributed by atoms with Crippen LogP contribution in [-0.4, -0.2) is 25.5 Å². The minimum Gasteiger partial charge on any atom is -0.497 e. The Labute approximate surface area is 81.6 Å². The fourth-order valence-corrected chi connectivity index (χ4v) is 1.41. The van der Waals surface area contributed by atoms with E-state index in [1.807, 2.05) is 0 Å². The summed E-state index contributed by atoms with van der Waals surface area (Å²) in [7, 11) is 1.55. The summed E-state index contributed by atoms with van der Waals surface area (Å²) in [6.07, 6.45) is 0. The van der Waals surface area contributed by atoms with Crippen LogP contribution in [0.4, 0.5) is 0 Å². The van der Waals surface area contributed by atoms with E-state index in [0.717, 1.165) is 0 Å². The molecule has 1 atom stereocenters. The third kappa shape index (κ3) is 1.33. The van der Waals surface area contributed by atoms with Crippen LogP contribution in [0.3, 0.4) is 0 Å². The number of Topliss-reactive ketones (excluding diaryl/α,β-unsaturated/α-hetero) is 1. The van der Waals surface area contributed by atoms with Crippen LogP contribution in [0.1, 0.15) is 10.4 Å². The monoisotopic (exact) mass is 193 g/mol. The van der Waals surface area contributed by atoms with Gasteiger partial charge in [0.1, 0.15) is 24.1 Å². The molecule has 0 radical (unpaired) electrons. The van der Waals surface area contributed by atoms with Gasteiger partial charge in [-0.1, -0.05) is 0 Å². The molecule has 4 heteroatoms. The fourth-order valence-electron chi connectivity index (χ4n) is 1.41. The Morgan fingerprint density at radius 1 is 1.57 bits per heavy atom.